The summed E-state index contributed by atoms with van der Waals surface area (Å²) in [6, 6.07) is 0.556. The zero-order valence-corrected chi connectivity index (χ0v) is 10.2. The number of nitrogens with zero attached hydrogens (tertiary/aromatic N) is 1. The van der Waals surface area contributed by atoms with E-state index < -0.39 is 0 Å². The van der Waals surface area contributed by atoms with Crippen LogP contribution >= 0.6 is 0 Å². The Morgan fingerprint density at radius 3 is 2.27 bits per heavy atom. The molecule has 88 valence electrons. The first-order valence-corrected chi connectivity index (χ1v) is 6.58. The summed E-state index contributed by atoms with van der Waals surface area (Å²) in [5.41, 5.74) is 0. The summed E-state index contributed by atoms with van der Waals surface area (Å²) < 4.78 is 0. The first-order chi connectivity index (χ1) is 7.18. The van der Waals surface area contributed by atoms with Gasteiger partial charge in [0.25, 0.3) is 0 Å². The van der Waals surface area contributed by atoms with E-state index in [4.69, 9.17) is 0 Å². The highest BCUT2D eigenvalue weighted by Crippen LogP contribution is 2.38. The molecule has 1 saturated carbocycles. The molecule has 1 aliphatic carbocycles. The molecule has 0 amide bonds. The molecule has 1 heterocycles. The van der Waals surface area contributed by atoms with Gasteiger partial charge in [-0.15, -0.1) is 0 Å². The topological polar surface area (TPSA) is 23.5 Å². The number of aliphatic hydroxyl groups is 1. The fourth-order valence-corrected chi connectivity index (χ4v) is 3.42. The number of aliphatic hydroxyl groups excluding tert-OH is 1. The zero-order chi connectivity index (χ0) is 10.8. The van der Waals surface area contributed by atoms with Crippen molar-refractivity contribution < 1.29 is 5.11 Å². The first-order valence-electron chi connectivity index (χ1n) is 6.58. The SMILES string of the molecule is CC1CC(C2CCCCC2)CC(O)N1C. The molecule has 0 radical (unpaired) electrons. The Morgan fingerprint density at radius 1 is 1.00 bits per heavy atom. The summed E-state index contributed by atoms with van der Waals surface area (Å²) in [6.07, 6.45) is 9.19. The Labute approximate surface area is 93.7 Å². The van der Waals surface area contributed by atoms with Crippen LogP contribution in [0.3, 0.4) is 0 Å². The molecule has 2 rings (SSSR count). The van der Waals surface area contributed by atoms with Gasteiger partial charge in [0, 0.05) is 6.04 Å². The van der Waals surface area contributed by atoms with Crippen molar-refractivity contribution in [3.05, 3.63) is 0 Å². The van der Waals surface area contributed by atoms with Crippen molar-refractivity contribution in [2.75, 3.05) is 7.05 Å². The smallest absolute Gasteiger partial charge is 0.107 e. The van der Waals surface area contributed by atoms with Gasteiger partial charge in [-0.2, -0.15) is 0 Å². The molecule has 2 aliphatic rings. The van der Waals surface area contributed by atoms with Crippen LogP contribution in [0.15, 0.2) is 0 Å². The predicted molar refractivity (Wildman–Crippen MR) is 62.5 cm³/mol. The van der Waals surface area contributed by atoms with Crippen LogP contribution in [-0.2, 0) is 0 Å². The number of hydrogen-bond acceptors (Lipinski definition) is 2. The molecule has 2 fully saturated rings. The molecule has 3 atom stereocenters. The van der Waals surface area contributed by atoms with Crippen LogP contribution < -0.4 is 0 Å². The van der Waals surface area contributed by atoms with E-state index >= 15 is 0 Å². The molecule has 1 N–H and O–H groups in total. The molecule has 2 heteroatoms. The number of rotatable bonds is 1. The van der Waals surface area contributed by atoms with E-state index in [0.29, 0.717) is 6.04 Å². The minimum Gasteiger partial charge on any atom is -0.378 e. The Bertz CT molecular complexity index is 189. The van der Waals surface area contributed by atoms with Gasteiger partial charge >= 0.3 is 0 Å². The summed E-state index contributed by atoms with van der Waals surface area (Å²) in [6.45, 7) is 2.25. The standard InChI is InChI=1S/C13H25NO/c1-10-8-12(9-13(15)14(10)2)11-6-4-3-5-7-11/h10-13,15H,3-9H2,1-2H3. The lowest BCUT2D eigenvalue weighted by Crippen LogP contribution is -2.47. The van der Waals surface area contributed by atoms with Gasteiger partial charge < -0.3 is 5.11 Å². The molecule has 0 aromatic carbocycles. The summed E-state index contributed by atoms with van der Waals surface area (Å²) in [5.74, 6) is 1.69. The van der Waals surface area contributed by atoms with E-state index in [-0.39, 0.29) is 6.23 Å². The molecule has 0 aromatic heterocycles. The second-order valence-electron chi connectivity index (χ2n) is 5.62. The summed E-state index contributed by atoms with van der Waals surface area (Å²) in [7, 11) is 2.05. The third-order valence-corrected chi connectivity index (χ3v) is 4.64. The Morgan fingerprint density at radius 2 is 1.67 bits per heavy atom. The maximum Gasteiger partial charge on any atom is 0.107 e. The van der Waals surface area contributed by atoms with Crippen molar-refractivity contribution in [3.63, 3.8) is 0 Å². The number of piperidine rings is 1. The van der Waals surface area contributed by atoms with Crippen LogP contribution in [-0.4, -0.2) is 29.3 Å². The van der Waals surface area contributed by atoms with Gasteiger partial charge in [-0.25, -0.2) is 0 Å². The Balaban J connectivity index is 1.92. The van der Waals surface area contributed by atoms with Crippen LogP contribution in [0.1, 0.15) is 51.9 Å². The van der Waals surface area contributed by atoms with E-state index in [1.807, 2.05) is 7.05 Å². The first kappa shape index (κ1) is 11.4. The van der Waals surface area contributed by atoms with E-state index in [0.717, 1.165) is 18.3 Å². The van der Waals surface area contributed by atoms with Crippen LogP contribution in [0.25, 0.3) is 0 Å². The van der Waals surface area contributed by atoms with Crippen molar-refractivity contribution in [3.8, 4) is 0 Å². The molecule has 2 nitrogen and oxygen atoms in total. The monoisotopic (exact) mass is 211 g/mol. The van der Waals surface area contributed by atoms with Gasteiger partial charge in [-0.05, 0) is 38.6 Å². The van der Waals surface area contributed by atoms with Crippen molar-refractivity contribution in [1.82, 2.24) is 4.90 Å². The Kier molecular flexibility index (Phi) is 3.68. The molecular formula is C13H25NO. The number of likely N-dealkylation sites (tertiary alicyclic amines) is 1. The maximum atomic E-state index is 9.98. The summed E-state index contributed by atoms with van der Waals surface area (Å²) in [4.78, 5) is 2.12. The largest absolute Gasteiger partial charge is 0.378 e. The third-order valence-electron chi connectivity index (χ3n) is 4.64. The average molecular weight is 211 g/mol. The number of hydrogen-bond donors (Lipinski definition) is 1. The minimum absolute atomic E-state index is 0.194. The quantitative estimate of drug-likeness (QED) is 0.720. The lowest BCUT2D eigenvalue weighted by molar-refractivity contribution is -0.0667. The van der Waals surface area contributed by atoms with Crippen molar-refractivity contribution in [2.24, 2.45) is 11.8 Å². The van der Waals surface area contributed by atoms with Gasteiger partial charge in [0.2, 0.25) is 0 Å². The van der Waals surface area contributed by atoms with Crippen LogP contribution in [0.2, 0.25) is 0 Å². The van der Waals surface area contributed by atoms with Gasteiger partial charge in [-0.3, -0.25) is 4.90 Å². The maximum absolute atomic E-state index is 9.98. The predicted octanol–water partition coefficient (Wildman–Crippen LogP) is 2.62. The van der Waals surface area contributed by atoms with E-state index in [1.54, 1.807) is 0 Å². The van der Waals surface area contributed by atoms with Gasteiger partial charge in [-0.1, -0.05) is 32.1 Å². The van der Waals surface area contributed by atoms with E-state index in [2.05, 4.69) is 11.8 Å². The molecule has 0 aromatic rings. The highest BCUT2D eigenvalue weighted by molar-refractivity contribution is 4.84. The lowest BCUT2D eigenvalue weighted by atomic mass is 9.74. The molecule has 1 saturated heterocycles. The fourth-order valence-electron chi connectivity index (χ4n) is 3.42. The molecule has 1 aliphatic heterocycles. The molecular weight excluding hydrogens is 186 g/mol. The highest BCUT2D eigenvalue weighted by atomic mass is 16.3. The highest BCUT2D eigenvalue weighted by Gasteiger charge is 2.34. The van der Waals surface area contributed by atoms with Gasteiger partial charge in [0.05, 0.1) is 0 Å². The average Bonchev–Trinajstić information content (AvgIpc) is 2.26. The summed E-state index contributed by atoms with van der Waals surface area (Å²) in [5, 5.41) is 9.98. The van der Waals surface area contributed by atoms with Gasteiger partial charge in [0.15, 0.2) is 0 Å². The van der Waals surface area contributed by atoms with Crippen molar-refractivity contribution in [1.29, 1.82) is 0 Å². The lowest BCUT2D eigenvalue weighted by Gasteiger charge is -2.43. The Hall–Kier alpha value is -0.0800. The van der Waals surface area contributed by atoms with Crippen molar-refractivity contribution >= 4 is 0 Å². The van der Waals surface area contributed by atoms with E-state index in [9.17, 15) is 5.11 Å². The normalized spacial score (nSPS) is 40.6. The second-order valence-corrected chi connectivity index (χ2v) is 5.62. The molecule has 0 spiro atoms. The van der Waals surface area contributed by atoms with Crippen LogP contribution in [0, 0.1) is 11.8 Å². The molecule has 15 heavy (non-hydrogen) atoms. The second kappa shape index (κ2) is 4.84. The third kappa shape index (κ3) is 2.54. The zero-order valence-electron chi connectivity index (χ0n) is 10.2. The van der Waals surface area contributed by atoms with E-state index in [1.165, 1.54) is 38.5 Å². The van der Waals surface area contributed by atoms with Crippen LogP contribution in [0.5, 0.6) is 0 Å². The summed E-state index contributed by atoms with van der Waals surface area (Å²) >= 11 is 0. The molecule has 3 unspecified atom stereocenters. The van der Waals surface area contributed by atoms with Crippen molar-refractivity contribution in [2.45, 2.75) is 64.1 Å². The minimum atomic E-state index is -0.194. The van der Waals surface area contributed by atoms with Crippen LogP contribution in [0.4, 0.5) is 0 Å². The van der Waals surface area contributed by atoms with Gasteiger partial charge in [0.1, 0.15) is 6.23 Å². The molecule has 0 bridgehead atoms. The fraction of sp³-hybridized carbons (Fsp3) is 1.00.